The Hall–Kier alpha value is -1.98. The van der Waals surface area contributed by atoms with E-state index in [1.165, 1.54) is 17.3 Å². The van der Waals surface area contributed by atoms with Gasteiger partial charge < -0.3 is 9.16 Å². The molecule has 0 heterocycles. The van der Waals surface area contributed by atoms with E-state index >= 15 is 0 Å². The highest BCUT2D eigenvalue weighted by Gasteiger charge is 2.58. The van der Waals surface area contributed by atoms with Crippen LogP contribution < -0.4 is 10.4 Å². The van der Waals surface area contributed by atoms with E-state index in [1.54, 1.807) is 0 Å². The van der Waals surface area contributed by atoms with Crippen LogP contribution in [0.25, 0.3) is 0 Å². The molecule has 2 atom stereocenters. The van der Waals surface area contributed by atoms with E-state index in [4.69, 9.17) is 9.16 Å². The lowest BCUT2D eigenvalue weighted by Crippen LogP contribution is -2.66. The molecule has 0 amide bonds. The first-order valence-electron chi connectivity index (χ1n) is 9.76. The fourth-order valence-corrected chi connectivity index (χ4v) is 8.55. The van der Waals surface area contributed by atoms with Crippen LogP contribution in [0.2, 0.25) is 5.04 Å². The summed E-state index contributed by atoms with van der Waals surface area (Å²) >= 11 is 0. The van der Waals surface area contributed by atoms with Gasteiger partial charge in [0.15, 0.2) is 0 Å². The van der Waals surface area contributed by atoms with Gasteiger partial charge in [0.25, 0.3) is 8.32 Å². The van der Waals surface area contributed by atoms with Crippen molar-refractivity contribution in [2.45, 2.75) is 44.8 Å². The molecule has 3 rings (SSSR count). The number of ether oxygens (including phenoxy) is 1. The number of esters is 1. The summed E-state index contributed by atoms with van der Waals surface area (Å²) in [7, 11) is -2.65. The summed E-state index contributed by atoms with van der Waals surface area (Å²) in [6, 6.07) is 20.6. The van der Waals surface area contributed by atoms with Crippen molar-refractivity contribution in [3.63, 3.8) is 0 Å². The van der Waals surface area contributed by atoms with Gasteiger partial charge in [-0.25, -0.2) is 4.39 Å². The van der Waals surface area contributed by atoms with Crippen LogP contribution in [-0.4, -0.2) is 33.2 Å². The standard InChI is InChI=1S/C23H29FO3Si/c1-18(25)26-17-23(24)15-19(23)16-27-28(22(2,3)4,20-11-7-5-8-12-20)21-13-9-6-10-14-21/h5-14,19H,15-17H2,1-4H3/t19-,23+/m1/s1. The summed E-state index contributed by atoms with van der Waals surface area (Å²) in [4.78, 5) is 11.0. The summed E-state index contributed by atoms with van der Waals surface area (Å²) < 4.78 is 26.5. The Morgan fingerprint density at radius 1 is 1.07 bits per heavy atom. The zero-order chi connectivity index (χ0) is 20.4. The first-order valence-corrected chi connectivity index (χ1v) is 11.7. The molecule has 0 aliphatic heterocycles. The van der Waals surface area contributed by atoms with Crippen LogP contribution in [0, 0.1) is 5.92 Å². The molecular formula is C23H29FO3Si. The monoisotopic (exact) mass is 400 g/mol. The number of hydrogen-bond acceptors (Lipinski definition) is 3. The predicted molar refractivity (Wildman–Crippen MR) is 112 cm³/mol. The van der Waals surface area contributed by atoms with Crippen LogP contribution in [0.1, 0.15) is 34.1 Å². The molecule has 150 valence electrons. The maximum Gasteiger partial charge on any atom is 0.302 e. The van der Waals surface area contributed by atoms with Crippen molar-refractivity contribution in [3.05, 3.63) is 60.7 Å². The third-order valence-electron chi connectivity index (χ3n) is 5.59. The summed E-state index contributed by atoms with van der Waals surface area (Å²) in [6.07, 6.45) is 0.373. The smallest absolute Gasteiger partial charge is 0.302 e. The molecule has 1 aliphatic carbocycles. The Morgan fingerprint density at radius 3 is 2.00 bits per heavy atom. The van der Waals surface area contributed by atoms with E-state index in [0.717, 1.165) is 0 Å². The lowest BCUT2D eigenvalue weighted by atomic mass is 10.2. The van der Waals surface area contributed by atoms with Crippen LogP contribution in [0.15, 0.2) is 60.7 Å². The second kappa shape index (κ2) is 7.80. The van der Waals surface area contributed by atoms with Gasteiger partial charge in [-0.2, -0.15) is 0 Å². The quantitative estimate of drug-likeness (QED) is 0.523. The summed E-state index contributed by atoms with van der Waals surface area (Å²) in [5.41, 5.74) is -1.46. The lowest BCUT2D eigenvalue weighted by Gasteiger charge is -2.43. The van der Waals surface area contributed by atoms with Gasteiger partial charge in [-0.15, -0.1) is 0 Å². The maximum atomic E-state index is 14.9. The van der Waals surface area contributed by atoms with Gasteiger partial charge in [-0.1, -0.05) is 81.4 Å². The second-order valence-electron chi connectivity index (χ2n) is 8.69. The number of halogens is 1. The Morgan fingerprint density at radius 2 is 1.57 bits per heavy atom. The molecule has 28 heavy (non-hydrogen) atoms. The molecule has 0 unspecified atom stereocenters. The normalized spacial score (nSPS) is 22.0. The fourth-order valence-electron chi connectivity index (χ4n) is 3.94. The molecule has 2 aromatic carbocycles. The van der Waals surface area contributed by atoms with Crippen molar-refractivity contribution < 1.29 is 18.3 Å². The van der Waals surface area contributed by atoms with Crippen LogP contribution in [0.3, 0.4) is 0 Å². The minimum atomic E-state index is -2.65. The minimum Gasteiger partial charge on any atom is -0.462 e. The van der Waals surface area contributed by atoms with Gasteiger partial charge in [-0.3, -0.25) is 4.79 Å². The molecule has 5 heteroatoms. The van der Waals surface area contributed by atoms with Crippen molar-refractivity contribution in [1.82, 2.24) is 0 Å². The molecule has 2 aromatic rings. The van der Waals surface area contributed by atoms with Crippen LogP contribution >= 0.6 is 0 Å². The third-order valence-corrected chi connectivity index (χ3v) is 10.6. The molecule has 3 nitrogen and oxygen atoms in total. The average Bonchev–Trinajstić information content (AvgIpc) is 3.32. The van der Waals surface area contributed by atoms with Gasteiger partial charge in [0.05, 0.1) is 0 Å². The molecule has 1 aliphatic rings. The molecule has 0 bridgehead atoms. The van der Waals surface area contributed by atoms with E-state index in [0.29, 0.717) is 13.0 Å². The van der Waals surface area contributed by atoms with Crippen LogP contribution in [-0.2, 0) is 14.0 Å². The van der Waals surface area contributed by atoms with E-state index in [9.17, 15) is 9.18 Å². The molecule has 1 saturated carbocycles. The number of hydrogen-bond donors (Lipinski definition) is 0. The van der Waals surface area contributed by atoms with Gasteiger partial charge in [0.1, 0.15) is 12.3 Å². The van der Waals surface area contributed by atoms with Crippen molar-refractivity contribution in [3.8, 4) is 0 Å². The Bertz CT molecular complexity index is 764. The maximum absolute atomic E-state index is 14.9. The molecule has 1 fully saturated rings. The van der Waals surface area contributed by atoms with Crippen LogP contribution in [0.5, 0.6) is 0 Å². The highest BCUT2D eigenvalue weighted by molar-refractivity contribution is 6.99. The summed E-state index contributed by atoms with van der Waals surface area (Å²) in [5.74, 6) is -0.691. The van der Waals surface area contributed by atoms with Gasteiger partial charge in [-0.05, 0) is 21.8 Å². The number of carbonyl (C=O) groups is 1. The predicted octanol–water partition coefficient (Wildman–Crippen LogP) is 3.85. The Kier molecular flexibility index (Phi) is 5.78. The molecule has 0 spiro atoms. The van der Waals surface area contributed by atoms with E-state index in [2.05, 4.69) is 45.0 Å². The molecule has 0 aromatic heterocycles. The minimum absolute atomic E-state index is 0.139. The number of alkyl halides is 1. The topological polar surface area (TPSA) is 35.5 Å². The van der Waals surface area contributed by atoms with Gasteiger partial charge in [0, 0.05) is 19.4 Å². The van der Waals surface area contributed by atoms with Gasteiger partial charge >= 0.3 is 5.97 Å². The first kappa shape index (κ1) is 20.7. The SMILES string of the molecule is CC(=O)OC[C@@]1(F)C[C@@H]1CO[Si](c1ccccc1)(c1ccccc1)C(C)(C)C. The van der Waals surface area contributed by atoms with Crippen molar-refractivity contribution in [2.75, 3.05) is 13.2 Å². The van der Waals surface area contributed by atoms with Crippen molar-refractivity contribution >= 4 is 24.7 Å². The summed E-state index contributed by atoms with van der Waals surface area (Å²) in [6.45, 7) is 8.05. The first-order chi connectivity index (χ1) is 13.2. The zero-order valence-electron chi connectivity index (χ0n) is 17.1. The van der Waals surface area contributed by atoms with E-state index < -0.39 is 20.0 Å². The Balaban J connectivity index is 1.91. The highest BCUT2D eigenvalue weighted by Crippen LogP contribution is 2.49. The molecule has 0 radical (unpaired) electrons. The van der Waals surface area contributed by atoms with Gasteiger partial charge in [0.2, 0.25) is 0 Å². The third kappa shape index (κ3) is 4.05. The van der Waals surface area contributed by atoms with Crippen molar-refractivity contribution in [1.29, 1.82) is 0 Å². The number of benzene rings is 2. The average molecular weight is 401 g/mol. The Labute approximate surface area is 168 Å². The van der Waals surface area contributed by atoms with E-state index in [-0.39, 0.29) is 17.6 Å². The summed E-state index contributed by atoms with van der Waals surface area (Å²) in [5, 5.41) is 2.22. The number of carbonyl (C=O) groups excluding carboxylic acids is 1. The second-order valence-corrected chi connectivity index (χ2v) is 13.0. The molecular weight excluding hydrogens is 371 g/mol. The fraction of sp³-hybridized carbons (Fsp3) is 0.435. The van der Waals surface area contributed by atoms with Crippen molar-refractivity contribution in [2.24, 2.45) is 5.92 Å². The number of rotatable bonds is 7. The molecule has 0 saturated heterocycles. The largest absolute Gasteiger partial charge is 0.462 e. The molecule has 0 N–H and O–H groups in total. The van der Waals surface area contributed by atoms with E-state index in [1.807, 2.05) is 36.4 Å². The highest BCUT2D eigenvalue weighted by atomic mass is 28.4. The zero-order valence-corrected chi connectivity index (χ0v) is 18.1. The lowest BCUT2D eigenvalue weighted by molar-refractivity contribution is -0.143. The van der Waals surface area contributed by atoms with Crippen LogP contribution in [0.4, 0.5) is 4.39 Å².